The Hall–Kier alpha value is -6.58. The monoisotopic (exact) mass is 885 g/mol. The molecule has 2 radical (unpaired) electrons. The number of nitrogens with zero attached hydrogens (tertiary/aromatic N) is 1. The van der Waals surface area contributed by atoms with Crippen LogP contribution in [-0.2, 0) is 28.1 Å². The average molecular weight is 885 g/mol. The first-order valence-corrected chi connectivity index (χ1v) is 24.6. The summed E-state index contributed by atoms with van der Waals surface area (Å²) >= 11 is 0. The number of nitrogen functional groups attached to an aromatic ring is 1. The van der Waals surface area contributed by atoms with Crippen LogP contribution in [0.4, 0.5) is 22.7 Å². The molecule has 0 aromatic heterocycles. The molecule has 0 aliphatic heterocycles. The zero-order valence-corrected chi connectivity index (χ0v) is 41.8. The molecular weight excluding hydrogens is 820 g/mol. The lowest BCUT2D eigenvalue weighted by atomic mass is 9.62. The van der Waals surface area contributed by atoms with Crippen molar-refractivity contribution in [2.45, 2.75) is 110 Å². The SMILES string of the molecule is [B]c1ccc(-c2ccccc2)cc1N(c1cccc(-c2ccccc2)c1)c1cc2c(c(-c3cc(C(C)(C)C)ccc3N)c1-c1ccc(C(C)(C)C)cc1)Cc1cc3c(cc1-2)C(C)(C)CCC3(C)C. The number of nitrogens with two attached hydrogens (primary N) is 1. The molecule has 0 fully saturated rings. The van der Waals surface area contributed by atoms with Gasteiger partial charge in [-0.05, 0) is 155 Å². The standard InChI is InChI=1S/C65H65BN2/c1-62(2,3)47-27-24-43(25-28-47)60-59(68(49-23-17-22-44(34-49)41-18-13-11-14-19-41)58-37-45(26-30-56(58)66)42-20-15-12-16-21-42)40-51-50-39-55-54(64(7,8)32-33-65(55,9)10)36-46(50)35-52(51)61(60)53-38-48(63(4,5)6)29-31-57(53)67/h11-31,34,36-40H,32-33,35,67H2,1-10H3. The van der Waals surface area contributed by atoms with Crippen molar-refractivity contribution in [1.29, 1.82) is 0 Å². The van der Waals surface area contributed by atoms with Crippen molar-refractivity contribution in [2.75, 3.05) is 10.6 Å². The van der Waals surface area contributed by atoms with Gasteiger partial charge in [-0.1, -0.05) is 202 Å². The van der Waals surface area contributed by atoms with Crippen LogP contribution in [0.5, 0.6) is 0 Å². The third-order valence-corrected chi connectivity index (χ3v) is 15.2. The Labute approximate surface area is 407 Å². The van der Waals surface area contributed by atoms with Crippen LogP contribution >= 0.6 is 0 Å². The molecule has 3 heteroatoms. The Bertz CT molecular complexity index is 3220. The molecule has 2 aliphatic carbocycles. The summed E-state index contributed by atoms with van der Waals surface area (Å²) < 4.78 is 0. The van der Waals surface area contributed by atoms with E-state index in [1.54, 1.807) is 0 Å². The van der Waals surface area contributed by atoms with Crippen LogP contribution in [0.25, 0.3) is 55.6 Å². The van der Waals surface area contributed by atoms with Crippen LogP contribution in [0, 0.1) is 0 Å². The Morgan fingerprint density at radius 1 is 0.471 bits per heavy atom. The van der Waals surface area contributed by atoms with Crippen molar-refractivity contribution in [2.24, 2.45) is 0 Å². The topological polar surface area (TPSA) is 29.3 Å². The molecule has 0 spiro atoms. The highest BCUT2D eigenvalue weighted by Crippen LogP contribution is 2.57. The highest BCUT2D eigenvalue weighted by atomic mass is 15.1. The average Bonchev–Trinajstić information content (AvgIpc) is 3.68. The first-order valence-electron chi connectivity index (χ1n) is 24.6. The lowest BCUT2D eigenvalue weighted by Crippen LogP contribution is -2.34. The molecule has 10 rings (SSSR count). The van der Waals surface area contributed by atoms with Crippen molar-refractivity contribution in [3.05, 3.63) is 197 Å². The first kappa shape index (κ1) is 45.2. The van der Waals surface area contributed by atoms with Gasteiger partial charge in [0, 0.05) is 28.2 Å². The molecule has 2 N–H and O–H groups in total. The number of rotatable bonds is 7. The molecule has 68 heavy (non-hydrogen) atoms. The molecule has 2 nitrogen and oxygen atoms in total. The van der Waals surface area contributed by atoms with E-state index in [2.05, 4.69) is 238 Å². The number of hydrogen-bond acceptors (Lipinski definition) is 2. The zero-order chi connectivity index (χ0) is 47.9. The zero-order valence-electron chi connectivity index (χ0n) is 41.8. The number of benzene rings is 8. The summed E-state index contributed by atoms with van der Waals surface area (Å²) in [6.07, 6.45) is 3.13. The number of hydrogen-bond donors (Lipinski definition) is 1. The fourth-order valence-electron chi connectivity index (χ4n) is 10.9. The lowest BCUT2D eigenvalue weighted by molar-refractivity contribution is 0.332. The second-order valence-corrected chi connectivity index (χ2v) is 22.9. The van der Waals surface area contributed by atoms with Crippen LogP contribution in [0.2, 0.25) is 0 Å². The quantitative estimate of drug-likeness (QED) is 0.128. The molecule has 0 bridgehead atoms. The van der Waals surface area contributed by atoms with Gasteiger partial charge in [0.25, 0.3) is 0 Å². The van der Waals surface area contributed by atoms with Crippen molar-refractivity contribution in [1.82, 2.24) is 0 Å². The summed E-state index contributed by atoms with van der Waals surface area (Å²) in [5.74, 6) is 0. The van der Waals surface area contributed by atoms with Gasteiger partial charge in [0.05, 0.1) is 5.69 Å². The van der Waals surface area contributed by atoms with Crippen LogP contribution in [0.3, 0.4) is 0 Å². The molecule has 338 valence electrons. The van der Waals surface area contributed by atoms with Gasteiger partial charge >= 0.3 is 0 Å². The van der Waals surface area contributed by atoms with E-state index in [-0.39, 0.29) is 21.7 Å². The maximum absolute atomic E-state index is 7.37. The van der Waals surface area contributed by atoms with Crippen LogP contribution in [-0.4, -0.2) is 7.85 Å². The summed E-state index contributed by atoms with van der Waals surface area (Å²) in [5, 5.41) is 0. The van der Waals surface area contributed by atoms with Gasteiger partial charge in [-0.3, -0.25) is 0 Å². The molecule has 0 atom stereocenters. The Balaban J connectivity index is 1.38. The van der Waals surface area contributed by atoms with E-state index >= 15 is 0 Å². The summed E-state index contributed by atoms with van der Waals surface area (Å²) in [4.78, 5) is 2.44. The molecule has 8 aromatic rings. The molecule has 2 aliphatic rings. The fraction of sp³-hybridized carbons (Fsp3) is 0.262. The predicted molar refractivity (Wildman–Crippen MR) is 294 cm³/mol. The molecule has 0 heterocycles. The lowest BCUT2D eigenvalue weighted by Gasteiger charge is -2.42. The Morgan fingerprint density at radius 2 is 1.03 bits per heavy atom. The van der Waals surface area contributed by atoms with Gasteiger partial charge in [0.2, 0.25) is 0 Å². The predicted octanol–water partition coefficient (Wildman–Crippen LogP) is 16.7. The maximum Gasteiger partial charge on any atom is 0.116 e. The van der Waals surface area contributed by atoms with E-state index in [0.29, 0.717) is 5.46 Å². The van der Waals surface area contributed by atoms with Gasteiger partial charge in [0.15, 0.2) is 0 Å². The van der Waals surface area contributed by atoms with E-state index in [9.17, 15) is 0 Å². The van der Waals surface area contributed by atoms with Gasteiger partial charge < -0.3 is 10.6 Å². The van der Waals surface area contributed by atoms with Crippen molar-refractivity contribution in [3.63, 3.8) is 0 Å². The molecule has 0 saturated heterocycles. The smallest absolute Gasteiger partial charge is 0.116 e. The Morgan fingerprint density at radius 3 is 1.65 bits per heavy atom. The second kappa shape index (κ2) is 16.6. The summed E-state index contributed by atoms with van der Waals surface area (Å²) in [5.41, 5.74) is 31.6. The van der Waals surface area contributed by atoms with E-state index in [0.717, 1.165) is 74.5 Å². The summed E-state index contributed by atoms with van der Waals surface area (Å²) in [7, 11) is 7.35. The van der Waals surface area contributed by atoms with E-state index in [4.69, 9.17) is 13.6 Å². The number of anilines is 4. The third kappa shape index (κ3) is 8.08. The highest BCUT2D eigenvalue weighted by Gasteiger charge is 2.40. The molecule has 0 amide bonds. The van der Waals surface area contributed by atoms with E-state index < -0.39 is 0 Å². The van der Waals surface area contributed by atoms with Gasteiger partial charge in [-0.15, -0.1) is 0 Å². The van der Waals surface area contributed by atoms with E-state index in [1.807, 2.05) is 0 Å². The van der Waals surface area contributed by atoms with Crippen molar-refractivity contribution >= 4 is 36.1 Å². The molecule has 8 aromatic carbocycles. The molecular formula is C65H65BN2. The van der Waals surface area contributed by atoms with Crippen molar-refractivity contribution < 1.29 is 0 Å². The minimum Gasteiger partial charge on any atom is -0.398 e. The molecule has 0 unspecified atom stereocenters. The fourth-order valence-corrected chi connectivity index (χ4v) is 10.9. The first-order chi connectivity index (χ1) is 32.3. The molecule has 0 saturated carbocycles. The summed E-state index contributed by atoms with van der Waals surface area (Å²) in [6.45, 7) is 23.5. The van der Waals surface area contributed by atoms with Crippen LogP contribution in [0.1, 0.15) is 115 Å². The Kier molecular flexibility index (Phi) is 11.0. The van der Waals surface area contributed by atoms with Crippen LogP contribution < -0.4 is 16.1 Å². The van der Waals surface area contributed by atoms with Gasteiger partial charge in [-0.25, -0.2) is 0 Å². The largest absolute Gasteiger partial charge is 0.398 e. The highest BCUT2D eigenvalue weighted by molar-refractivity contribution is 6.36. The second-order valence-electron chi connectivity index (χ2n) is 22.9. The minimum absolute atomic E-state index is 0.0217. The van der Waals surface area contributed by atoms with E-state index in [1.165, 1.54) is 56.5 Å². The third-order valence-electron chi connectivity index (χ3n) is 15.2. The van der Waals surface area contributed by atoms with Gasteiger partial charge in [0.1, 0.15) is 7.85 Å². The normalized spacial score (nSPS) is 14.8. The van der Waals surface area contributed by atoms with Crippen LogP contribution in [0.15, 0.2) is 164 Å². The maximum atomic E-state index is 7.37. The van der Waals surface area contributed by atoms with Gasteiger partial charge in [-0.2, -0.15) is 0 Å². The van der Waals surface area contributed by atoms with Crippen molar-refractivity contribution in [3.8, 4) is 55.6 Å². The number of fused-ring (bicyclic) bond motifs is 4. The summed E-state index contributed by atoms with van der Waals surface area (Å²) in [6, 6.07) is 60.5. The minimum atomic E-state index is -0.104.